The topological polar surface area (TPSA) is 221 Å². The lowest BCUT2D eigenvalue weighted by Crippen LogP contribution is -2.28. The number of phosphoric ester groups is 1. The van der Waals surface area contributed by atoms with Crippen molar-refractivity contribution in [3.63, 3.8) is 0 Å². The molecule has 0 bridgehead atoms. The molecule has 4 atom stereocenters. The second-order valence-corrected chi connectivity index (χ2v) is 7.99. The Balaban J connectivity index is 1.69. The maximum Gasteiger partial charge on any atom is 0.271 e. The number of phosphoric acid groups is 2. The minimum atomic E-state index is -5.79. The zero-order chi connectivity index (χ0) is 19.1. The van der Waals surface area contributed by atoms with E-state index in [0.717, 1.165) is 0 Å². The highest BCUT2D eigenvalue weighted by Gasteiger charge is 2.36. The minimum absolute atomic E-state index is 0.0367. The Hall–Kier alpha value is -1.47. The van der Waals surface area contributed by atoms with Crippen LogP contribution in [-0.4, -0.2) is 43.4 Å². The lowest BCUT2D eigenvalue weighted by molar-refractivity contribution is -0.339. The number of hydrogen-bond acceptors (Lipinski definition) is 13. The number of fused-ring (bicyclic) bond motifs is 1. The largest absolute Gasteiger partial charge is 0.790 e. The molecule has 2 aromatic heterocycles. The molecule has 3 rings (SSSR count). The minimum Gasteiger partial charge on any atom is -0.790 e. The highest BCUT2D eigenvalue weighted by atomic mass is 31.3. The number of nitrogen functional groups attached to an aromatic ring is 1. The Kier molecular flexibility index (Phi) is 5.14. The number of nitrogens with two attached hydrogens (primary N) is 1. The van der Waals surface area contributed by atoms with Gasteiger partial charge < -0.3 is 39.3 Å². The van der Waals surface area contributed by atoms with Gasteiger partial charge in [-0.3, -0.25) is 13.4 Å². The molecule has 0 saturated carbocycles. The van der Waals surface area contributed by atoms with Crippen LogP contribution in [0.25, 0.3) is 11.2 Å². The van der Waals surface area contributed by atoms with Gasteiger partial charge in [0.2, 0.25) is 0 Å². The highest BCUT2D eigenvalue weighted by molar-refractivity contribution is 7.58. The third-order valence-corrected chi connectivity index (χ3v) is 5.56. The molecule has 3 heterocycles. The number of rotatable bonds is 6. The summed E-state index contributed by atoms with van der Waals surface area (Å²) in [5, 5.41) is 10.0. The van der Waals surface area contributed by atoms with Crippen LogP contribution in [0.4, 0.5) is 5.82 Å². The molecule has 2 aromatic rings. The van der Waals surface area contributed by atoms with Gasteiger partial charge >= 0.3 is 0 Å². The van der Waals surface area contributed by atoms with Crippen molar-refractivity contribution >= 4 is 32.6 Å². The first-order valence-electron chi connectivity index (χ1n) is 7.01. The smallest absolute Gasteiger partial charge is 0.271 e. The first-order valence-corrected chi connectivity index (χ1v) is 9.93. The SMILES string of the molecule is Nc1ncnc2c1ncn2C1CC(O)C(COP(=O)([O-])OP(=O)([O-])[O-])O1. The molecule has 0 aliphatic carbocycles. The van der Waals surface area contributed by atoms with Crippen LogP contribution in [0, 0.1) is 0 Å². The van der Waals surface area contributed by atoms with Crippen molar-refractivity contribution in [3.8, 4) is 0 Å². The van der Waals surface area contributed by atoms with E-state index < -0.39 is 40.7 Å². The number of nitrogens with zero attached hydrogens (tertiary/aromatic N) is 4. The van der Waals surface area contributed by atoms with E-state index >= 15 is 0 Å². The number of ether oxygens (including phenoxy) is 1. The third-order valence-electron chi connectivity index (χ3n) is 3.50. The first kappa shape index (κ1) is 19.3. The molecule has 0 radical (unpaired) electrons. The van der Waals surface area contributed by atoms with Crippen LogP contribution < -0.4 is 20.4 Å². The first-order chi connectivity index (χ1) is 12.1. The van der Waals surface area contributed by atoms with Gasteiger partial charge in [-0.15, -0.1) is 0 Å². The number of aliphatic hydroxyl groups is 1. The molecule has 1 saturated heterocycles. The molecule has 26 heavy (non-hydrogen) atoms. The number of imidazole rings is 1. The second-order valence-electron chi connectivity index (χ2n) is 5.29. The van der Waals surface area contributed by atoms with Crippen LogP contribution in [0.3, 0.4) is 0 Å². The van der Waals surface area contributed by atoms with Gasteiger partial charge in [0, 0.05) is 6.42 Å². The fourth-order valence-electron chi connectivity index (χ4n) is 2.43. The summed E-state index contributed by atoms with van der Waals surface area (Å²) in [6.45, 7) is -0.762. The van der Waals surface area contributed by atoms with Gasteiger partial charge in [0.1, 0.15) is 24.2 Å². The van der Waals surface area contributed by atoms with Gasteiger partial charge in [-0.05, 0) is 0 Å². The maximum atomic E-state index is 11.3. The van der Waals surface area contributed by atoms with Crippen LogP contribution in [0.1, 0.15) is 12.6 Å². The lowest BCUT2D eigenvalue weighted by atomic mass is 10.2. The van der Waals surface area contributed by atoms with Gasteiger partial charge in [0.05, 0.1) is 26.9 Å². The predicted octanol–water partition coefficient (Wildman–Crippen LogP) is -2.61. The molecule has 0 spiro atoms. The Morgan fingerprint density at radius 1 is 1.35 bits per heavy atom. The van der Waals surface area contributed by atoms with Crippen LogP contribution in [0.2, 0.25) is 0 Å². The summed E-state index contributed by atoms with van der Waals surface area (Å²) in [5.41, 5.74) is 6.34. The van der Waals surface area contributed by atoms with Gasteiger partial charge in [0.25, 0.3) is 7.82 Å². The molecule has 1 fully saturated rings. The van der Waals surface area contributed by atoms with Crippen molar-refractivity contribution in [1.29, 1.82) is 0 Å². The van der Waals surface area contributed by atoms with Crippen molar-refractivity contribution < 1.29 is 42.5 Å². The van der Waals surface area contributed by atoms with Crippen molar-refractivity contribution in [3.05, 3.63) is 12.7 Å². The van der Waals surface area contributed by atoms with Crippen LogP contribution in [0.15, 0.2) is 12.7 Å². The molecule has 3 N–H and O–H groups in total. The number of hydrogen-bond donors (Lipinski definition) is 2. The van der Waals surface area contributed by atoms with E-state index in [1.54, 1.807) is 0 Å². The quantitative estimate of drug-likeness (QED) is 0.468. The average Bonchev–Trinajstić information content (AvgIpc) is 3.07. The molecule has 16 heteroatoms. The predicted molar refractivity (Wildman–Crippen MR) is 76.5 cm³/mol. The lowest BCUT2D eigenvalue weighted by Gasteiger charge is -2.35. The van der Waals surface area contributed by atoms with Crippen LogP contribution >= 0.6 is 15.6 Å². The van der Waals surface area contributed by atoms with Crippen LogP contribution in [-0.2, 0) is 22.7 Å². The van der Waals surface area contributed by atoms with Gasteiger partial charge in [-0.1, -0.05) is 0 Å². The van der Waals surface area contributed by atoms with E-state index in [1.807, 2.05) is 0 Å². The van der Waals surface area contributed by atoms with Crippen molar-refractivity contribution in [1.82, 2.24) is 19.5 Å². The van der Waals surface area contributed by atoms with Gasteiger partial charge in [-0.25, -0.2) is 15.0 Å². The second kappa shape index (κ2) is 6.93. The highest BCUT2D eigenvalue weighted by Crippen LogP contribution is 2.50. The molecule has 144 valence electrons. The number of aromatic nitrogens is 4. The van der Waals surface area contributed by atoms with Crippen molar-refractivity contribution in [2.24, 2.45) is 0 Å². The van der Waals surface area contributed by atoms with Crippen molar-refractivity contribution in [2.45, 2.75) is 24.9 Å². The fourth-order valence-corrected chi connectivity index (χ4v) is 3.93. The van der Waals surface area contributed by atoms with E-state index in [9.17, 15) is 28.9 Å². The van der Waals surface area contributed by atoms with Gasteiger partial charge in [0.15, 0.2) is 11.5 Å². The molecular weight excluding hydrogens is 396 g/mol. The summed E-state index contributed by atoms with van der Waals surface area (Å²) in [6.07, 6.45) is -0.437. The summed E-state index contributed by atoms with van der Waals surface area (Å²) >= 11 is 0. The average molecular weight is 408 g/mol. The summed E-state index contributed by atoms with van der Waals surface area (Å²) in [6, 6.07) is 0. The summed E-state index contributed by atoms with van der Waals surface area (Å²) < 4.78 is 36.2. The summed E-state index contributed by atoms with van der Waals surface area (Å²) in [5.74, 6) is 0.149. The number of aliphatic hydroxyl groups excluding tert-OH is 1. The Morgan fingerprint density at radius 2 is 2.08 bits per heavy atom. The molecule has 0 amide bonds. The fraction of sp³-hybridized carbons (Fsp3) is 0.500. The van der Waals surface area contributed by atoms with E-state index in [4.69, 9.17) is 10.5 Å². The Labute approximate surface area is 145 Å². The maximum absolute atomic E-state index is 11.3. The Morgan fingerprint density at radius 3 is 2.77 bits per heavy atom. The monoisotopic (exact) mass is 408 g/mol. The zero-order valence-electron chi connectivity index (χ0n) is 12.8. The molecule has 0 aromatic carbocycles. The van der Waals surface area contributed by atoms with E-state index in [1.165, 1.54) is 17.2 Å². The standard InChI is InChI=1S/C10H15N5O9P2/c11-9-8-10(13-3-12-9)15(4-14-8)7-1-5(16)6(23-7)2-22-26(20,21)24-25(17,18)19/h3-7,16H,1-2H2,(H,20,21)(H2,11,12,13)(H2,17,18,19)/p-3. The normalized spacial score (nSPS) is 26.2. The molecule has 1 aliphatic rings. The molecule has 4 unspecified atom stereocenters. The third kappa shape index (κ3) is 4.26. The van der Waals surface area contributed by atoms with Gasteiger partial charge in [-0.2, -0.15) is 0 Å². The Bertz CT molecular complexity index is 900. The zero-order valence-corrected chi connectivity index (χ0v) is 14.6. The van der Waals surface area contributed by atoms with E-state index in [-0.39, 0.29) is 12.2 Å². The van der Waals surface area contributed by atoms with E-state index in [0.29, 0.717) is 11.2 Å². The molecule has 1 aliphatic heterocycles. The van der Waals surface area contributed by atoms with Crippen LogP contribution in [0.5, 0.6) is 0 Å². The molecular formula is C10H12N5O9P2-3. The number of anilines is 1. The summed E-state index contributed by atoms with van der Waals surface area (Å²) in [7, 11) is -11.2. The summed E-state index contributed by atoms with van der Waals surface area (Å²) in [4.78, 5) is 43.8. The van der Waals surface area contributed by atoms with E-state index in [2.05, 4.69) is 23.8 Å². The van der Waals surface area contributed by atoms with Crippen molar-refractivity contribution in [2.75, 3.05) is 12.3 Å². The molecule has 14 nitrogen and oxygen atoms in total.